The predicted molar refractivity (Wildman–Crippen MR) is 83.7 cm³/mol. The number of halogens is 1. The maximum atomic E-state index is 9.62. The van der Waals surface area contributed by atoms with Crippen LogP contribution in [-0.2, 0) is 13.0 Å². The van der Waals surface area contributed by atoms with Crippen LogP contribution >= 0.6 is 11.6 Å². The summed E-state index contributed by atoms with van der Waals surface area (Å²) in [5.41, 5.74) is 4.53. The number of para-hydroxylation sites is 1. The summed E-state index contributed by atoms with van der Waals surface area (Å²) in [5.74, 6) is 0. The Morgan fingerprint density at radius 2 is 2.00 bits per heavy atom. The Morgan fingerprint density at radius 1 is 1.20 bits per heavy atom. The molecule has 2 nitrogen and oxygen atoms in total. The number of aliphatic hydroxyl groups excluding tert-OH is 1. The molecule has 0 saturated carbocycles. The van der Waals surface area contributed by atoms with Gasteiger partial charge in [-0.15, -0.1) is 0 Å². The maximum Gasteiger partial charge on any atom is 0.0702 e. The minimum Gasteiger partial charge on any atom is -0.392 e. The Balaban J connectivity index is 2.14. The lowest BCUT2D eigenvalue weighted by Crippen LogP contribution is -2.33. The molecule has 0 aromatic heterocycles. The average Bonchev–Trinajstić information content (AvgIpc) is 2.48. The van der Waals surface area contributed by atoms with E-state index in [2.05, 4.69) is 36.1 Å². The first-order chi connectivity index (χ1) is 9.70. The van der Waals surface area contributed by atoms with Gasteiger partial charge >= 0.3 is 0 Å². The Bertz CT molecular complexity index is 626. The number of hydrogen-bond donors (Lipinski definition) is 1. The van der Waals surface area contributed by atoms with Crippen LogP contribution in [0.2, 0.25) is 5.02 Å². The van der Waals surface area contributed by atoms with Crippen molar-refractivity contribution in [1.29, 1.82) is 0 Å². The normalized spacial score (nSPS) is 17.9. The van der Waals surface area contributed by atoms with Gasteiger partial charge in [0, 0.05) is 28.0 Å². The van der Waals surface area contributed by atoms with Crippen LogP contribution in [0.15, 0.2) is 42.5 Å². The number of aryl methyl sites for hydroxylation is 1. The highest BCUT2D eigenvalue weighted by Gasteiger charge is 2.25. The molecular weight excluding hydrogens is 270 g/mol. The third-order valence-corrected chi connectivity index (χ3v) is 4.23. The highest BCUT2D eigenvalue weighted by Crippen LogP contribution is 2.38. The van der Waals surface area contributed by atoms with Crippen molar-refractivity contribution in [3.63, 3.8) is 0 Å². The van der Waals surface area contributed by atoms with Crippen LogP contribution in [0.3, 0.4) is 0 Å². The van der Waals surface area contributed by atoms with Gasteiger partial charge in [-0.1, -0.05) is 29.8 Å². The molecule has 0 saturated heterocycles. The third kappa shape index (κ3) is 2.30. The molecule has 1 atom stereocenters. The van der Waals surface area contributed by atoms with Crippen LogP contribution in [0, 0.1) is 0 Å². The maximum absolute atomic E-state index is 9.62. The van der Waals surface area contributed by atoms with Gasteiger partial charge < -0.3 is 10.0 Å². The van der Waals surface area contributed by atoms with Crippen LogP contribution in [-0.4, -0.2) is 11.1 Å². The van der Waals surface area contributed by atoms with Crippen molar-refractivity contribution in [3.05, 3.63) is 58.6 Å². The first-order valence-corrected chi connectivity index (χ1v) is 7.35. The molecule has 0 spiro atoms. The molecule has 1 N–H and O–H groups in total. The van der Waals surface area contributed by atoms with Crippen LogP contribution < -0.4 is 4.90 Å². The van der Waals surface area contributed by atoms with Crippen LogP contribution in [0.25, 0.3) is 0 Å². The van der Waals surface area contributed by atoms with E-state index in [9.17, 15) is 5.11 Å². The summed E-state index contributed by atoms with van der Waals surface area (Å²) in [5, 5.41) is 10.3. The molecule has 2 aromatic carbocycles. The molecule has 3 heteroatoms. The molecule has 0 radical (unpaired) electrons. The molecule has 1 aliphatic heterocycles. The second-order valence-electron chi connectivity index (χ2n) is 5.32. The van der Waals surface area contributed by atoms with E-state index >= 15 is 0 Å². The molecule has 3 rings (SSSR count). The van der Waals surface area contributed by atoms with E-state index in [0.29, 0.717) is 11.1 Å². The Morgan fingerprint density at radius 3 is 2.80 bits per heavy atom. The largest absolute Gasteiger partial charge is 0.392 e. The van der Waals surface area contributed by atoms with E-state index in [4.69, 9.17) is 11.6 Å². The zero-order chi connectivity index (χ0) is 14.1. The molecule has 0 amide bonds. The number of aliphatic hydroxyl groups is 1. The van der Waals surface area contributed by atoms with Gasteiger partial charge in [0.15, 0.2) is 0 Å². The van der Waals surface area contributed by atoms with Crippen LogP contribution in [0.1, 0.15) is 24.5 Å². The van der Waals surface area contributed by atoms with Crippen molar-refractivity contribution < 1.29 is 5.11 Å². The summed E-state index contributed by atoms with van der Waals surface area (Å²) in [6.07, 6.45) is 2.22. The SMILES string of the molecule is CC1CCc2ccccc2N1c1ccc(Cl)cc1CO. The first-order valence-electron chi connectivity index (χ1n) is 6.97. The predicted octanol–water partition coefficient (Wildman–Crippen LogP) is 4.31. The summed E-state index contributed by atoms with van der Waals surface area (Å²) in [7, 11) is 0. The van der Waals surface area contributed by atoms with Crippen molar-refractivity contribution in [1.82, 2.24) is 0 Å². The van der Waals surface area contributed by atoms with Gasteiger partial charge in [-0.25, -0.2) is 0 Å². The fourth-order valence-corrected chi connectivity index (χ4v) is 3.17. The fraction of sp³-hybridized carbons (Fsp3) is 0.294. The summed E-state index contributed by atoms with van der Waals surface area (Å²) in [6, 6.07) is 14.6. The summed E-state index contributed by atoms with van der Waals surface area (Å²) >= 11 is 6.04. The van der Waals surface area contributed by atoms with Crippen molar-refractivity contribution in [2.75, 3.05) is 4.90 Å². The van der Waals surface area contributed by atoms with E-state index in [1.165, 1.54) is 11.3 Å². The highest BCUT2D eigenvalue weighted by atomic mass is 35.5. The topological polar surface area (TPSA) is 23.5 Å². The molecular formula is C17H18ClNO. The smallest absolute Gasteiger partial charge is 0.0702 e. The lowest BCUT2D eigenvalue weighted by Gasteiger charge is -2.38. The van der Waals surface area contributed by atoms with Gasteiger partial charge in [0.2, 0.25) is 0 Å². The Labute approximate surface area is 124 Å². The van der Waals surface area contributed by atoms with Gasteiger partial charge in [-0.2, -0.15) is 0 Å². The quantitative estimate of drug-likeness (QED) is 0.890. The summed E-state index contributed by atoms with van der Waals surface area (Å²) in [4.78, 5) is 2.32. The van der Waals surface area contributed by atoms with E-state index in [0.717, 1.165) is 24.1 Å². The van der Waals surface area contributed by atoms with Crippen LogP contribution in [0.5, 0.6) is 0 Å². The van der Waals surface area contributed by atoms with Gasteiger partial charge in [-0.3, -0.25) is 0 Å². The lowest BCUT2D eigenvalue weighted by atomic mass is 9.95. The Kier molecular flexibility index (Phi) is 3.68. The van der Waals surface area contributed by atoms with Gasteiger partial charge in [-0.05, 0) is 49.6 Å². The lowest BCUT2D eigenvalue weighted by molar-refractivity contribution is 0.282. The number of benzene rings is 2. The summed E-state index contributed by atoms with van der Waals surface area (Å²) < 4.78 is 0. The van der Waals surface area contributed by atoms with Crippen LogP contribution in [0.4, 0.5) is 11.4 Å². The summed E-state index contributed by atoms with van der Waals surface area (Å²) in [6.45, 7) is 2.23. The minimum absolute atomic E-state index is 0.00127. The molecule has 0 fully saturated rings. The molecule has 20 heavy (non-hydrogen) atoms. The average molecular weight is 288 g/mol. The fourth-order valence-electron chi connectivity index (χ4n) is 2.97. The second kappa shape index (κ2) is 5.47. The van der Waals surface area contributed by atoms with E-state index in [-0.39, 0.29) is 6.61 Å². The van der Waals surface area contributed by atoms with E-state index < -0.39 is 0 Å². The zero-order valence-electron chi connectivity index (χ0n) is 11.5. The molecule has 104 valence electrons. The molecule has 2 aromatic rings. The molecule has 1 aliphatic rings. The first kappa shape index (κ1) is 13.5. The number of nitrogens with zero attached hydrogens (tertiary/aromatic N) is 1. The molecule has 0 aliphatic carbocycles. The number of anilines is 2. The van der Waals surface area contributed by atoms with Crippen molar-refractivity contribution >= 4 is 23.0 Å². The Hall–Kier alpha value is -1.51. The second-order valence-corrected chi connectivity index (χ2v) is 5.75. The molecule has 1 heterocycles. The van der Waals surface area contributed by atoms with Gasteiger partial charge in [0.05, 0.1) is 6.61 Å². The number of hydrogen-bond acceptors (Lipinski definition) is 2. The number of fused-ring (bicyclic) bond motifs is 1. The molecule has 1 unspecified atom stereocenters. The van der Waals surface area contributed by atoms with E-state index in [1.54, 1.807) is 0 Å². The standard InChI is InChI=1S/C17H18ClNO/c1-12-6-7-13-4-2-3-5-16(13)19(12)17-9-8-15(18)10-14(17)11-20/h2-5,8-10,12,20H,6-7,11H2,1H3. The highest BCUT2D eigenvalue weighted by molar-refractivity contribution is 6.30. The zero-order valence-corrected chi connectivity index (χ0v) is 12.3. The number of rotatable bonds is 2. The van der Waals surface area contributed by atoms with Crippen molar-refractivity contribution in [2.24, 2.45) is 0 Å². The van der Waals surface area contributed by atoms with Gasteiger partial charge in [0.1, 0.15) is 0 Å². The monoisotopic (exact) mass is 287 g/mol. The van der Waals surface area contributed by atoms with Gasteiger partial charge in [0.25, 0.3) is 0 Å². The third-order valence-electron chi connectivity index (χ3n) is 3.99. The minimum atomic E-state index is 0.00127. The van der Waals surface area contributed by atoms with Crippen molar-refractivity contribution in [3.8, 4) is 0 Å². The van der Waals surface area contributed by atoms with E-state index in [1.807, 2.05) is 18.2 Å². The van der Waals surface area contributed by atoms with Crippen molar-refractivity contribution in [2.45, 2.75) is 32.4 Å². The molecule has 0 bridgehead atoms.